The lowest BCUT2D eigenvalue weighted by molar-refractivity contribution is 0.164. The maximum Gasteiger partial charge on any atom is 0.226 e. The largest absolute Gasteiger partial charge is 0.444 e. The number of rotatable bonds is 4. The Hall–Kier alpha value is -1.65. The van der Waals surface area contributed by atoms with Gasteiger partial charge in [0.15, 0.2) is 0 Å². The summed E-state index contributed by atoms with van der Waals surface area (Å²) in [6.07, 6.45) is 4.14. The zero-order valence-corrected chi connectivity index (χ0v) is 12.5. The fraction of sp³-hybridized carbons (Fsp3) is 0.471. The quantitative estimate of drug-likeness (QED) is 0.938. The van der Waals surface area contributed by atoms with Crippen LogP contribution in [0.15, 0.2) is 41.0 Å². The molecular formula is C17H23N3O. The topological polar surface area (TPSA) is 55.3 Å². The second-order valence-electron chi connectivity index (χ2n) is 5.98. The highest BCUT2D eigenvalue weighted by Crippen LogP contribution is 2.22. The predicted molar refractivity (Wildman–Crippen MR) is 83.6 cm³/mol. The first-order valence-corrected chi connectivity index (χ1v) is 7.70. The summed E-state index contributed by atoms with van der Waals surface area (Å²) in [6, 6.07) is 10.3. The third-order valence-corrected chi connectivity index (χ3v) is 4.33. The van der Waals surface area contributed by atoms with Crippen LogP contribution < -0.4 is 5.73 Å². The van der Waals surface area contributed by atoms with Gasteiger partial charge in [-0.1, -0.05) is 18.2 Å². The summed E-state index contributed by atoms with van der Waals surface area (Å²) in [5.74, 6) is 1.37. The lowest BCUT2D eigenvalue weighted by atomic mass is 9.91. The third-order valence-electron chi connectivity index (χ3n) is 4.33. The van der Waals surface area contributed by atoms with E-state index in [1.807, 2.05) is 30.3 Å². The van der Waals surface area contributed by atoms with Gasteiger partial charge in [0.05, 0.1) is 5.69 Å². The molecule has 1 aliphatic rings. The summed E-state index contributed by atoms with van der Waals surface area (Å²) in [7, 11) is 0. The van der Waals surface area contributed by atoms with Crippen LogP contribution >= 0.6 is 0 Å². The molecule has 4 heteroatoms. The molecule has 112 valence electrons. The predicted octanol–water partition coefficient (Wildman–Crippen LogP) is 2.90. The monoisotopic (exact) mass is 285 g/mol. The van der Waals surface area contributed by atoms with E-state index in [2.05, 4.69) is 16.8 Å². The van der Waals surface area contributed by atoms with E-state index >= 15 is 0 Å². The van der Waals surface area contributed by atoms with Crippen molar-refractivity contribution in [3.63, 3.8) is 0 Å². The Labute approximate surface area is 126 Å². The van der Waals surface area contributed by atoms with Gasteiger partial charge in [0.1, 0.15) is 6.26 Å². The lowest BCUT2D eigenvalue weighted by Gasteiger charge is -2.33. The van der Waals surface area contributed by atoms with Gasteiger partial charge in [-0.3, -0.25) is 4.90 Å². The smallest absolute Gasteiger partial charge is 0.226 e. The van der Waals surface area contributed by atoms with Gasteiger partial charge in [0.2, 0.25) is 5.89 Å². The van der Waals surface area contributed by atoms with Gasteiger partial charge < -0.3 is 10.2 Å². The molecule has 1 aromatic heterocycles. The Balaban J connectivity index is 1.59. The molecule has 1 aliphatic heterocycles. The average Bonchev–Trinajstić information content (AvgIpc) is 2.97. The third kappa shape index (κ3) is 3.52. The van der Waals surface area contributed by atoms with E-state index in [-0.39, 0.29) is 0 Å². The van der Waals surface area contributed by atoms with Crippen LogP contribution in [0, 0.1) is 5.92 Å². The summed E-state index contributed by atoms with van der Waals surface area (Å²) < 4.78 is 5.59. The van der Waals surface area contributed by atoms with Gasteiger partial charge in [-0.2, -0.15) is 0 Å². The van der Waals surface area contributed by atoms with Gasteiger partial charge >= 0.3 is 0 Å². The van der Waals surface area contributed by atoms with E-state index in [0.29, 0.717) is 17.9 Å². The van der Waals surface area contributed by atoms with Crippen molar-refractivity contribution in [3.8, 4) is 11.5 Å². The molecule has 1 atom stereocenters. The minimum atomic E-state index is 0.309. The van der Waals surface area contributed by atoms with Crippen molar-refractivity contribution in [3.05, 3.63) is 42.3 Å². The molecule has 1 saturated heterocycles. The van der Waals surface area contributed by atoms with E-state index < -0.39 is 0 Å². The number of hydrogen-bond donors (Lipinski definition) is 1. The molecule has 21 heavy (non-hydrogen) atoms. The normalized spacial score (nSPS) is 18.8. The second-order valence-corrected chi connectivity index (χ2v) is 5.98. The molecule has 0 saturated carbocycles. The van der Waals surface area contributed by atoms with Crippen molar-refractivity contribution in [2.45, 2.75) is 32.4 Å². The molecule has 1 unspecified atom stereocenters. The van der Waals surface area contributed by atoms with E-state index in [1.54, 1.807) is 6.26 Å². The van der Waals surface area contributed by atoms with Crippen LogP contribution in [0.2, 0.25) is 0 Å². The van der Waals surface area contributed by atoms with Crippen LogP contribution in [-0.2, 0) is 6.54 Å². The first kappa shape index (κ1) is 14.3. The van der Waals surface area contributed by atoms with Crippen molar-refractivity contribution >= 4 is 0 Å². The maximum absolute atomic E-state index is 5.99. The van der Waals surface area contributed by atoms with Gasteiger partial charge in [0, 0.05) is 18.2 Å². The Bertz CT molecular complexity index is 556. The molecule has 2 heterocycles. The molecule has 2 aromatic rings. The first-order valence-electron chi connectivity index (χ1n) is 7.70. The molecule has 0 bridgehead atoms. The zero-order valence-electron chi connectivity index (χ0n) is 12.5. The van der Waals surface area contributed by atoms with Gasteiger partial charge in [-0.05, 0) is 50.9 Å². The number of nitrogens with zero attached hydrogens (tertiary/aromatic N) is 2. The Morgan fingerprint density at radius 3 is 2.67 bits per heavy atom. The van der Waals surface area contributed by atoms with Crippen LogP contribution in [0.4, 0.5) is 0 Å². The molecule has 0 radical (unpaired) electrons. The summed E-state index contributed by atoms with van der Waals surface area (Å²) >= 11 is 0. The highest BCUT2D eigenvalue weighted by atomic mass is 16.3. The van der Waals surface area contributed by atoms with Crippen molar-refractivity contribution in [2.24, 2.45) is 11.7 Å². The van der Waals surface area contributed by atoms with Crippen LogP contribution in [0.25, 0.3) is 11.5 Å². The van der Waals surface area contributed by atoms with Crippen LogP contribution in [0.3, 0.4) is 0 Å². The molecule has 0 spiro atoms. The van der Waals surface area contributed by atoms with Crippen molar-refractivity contribution in [1.29, 1.82) is 0 Å². The van der Waals surface area contributed by atoms with Crippen molar-refractivity contribution < 1.29 is 4.42 Å². The average molecular weight is 285 g/mol. The molecule has 1 aromatic carbocycles. The number of piperidine rings is 1. The van der Waals surface area contributed by atoms with Crippen molar-refractivity contribution in [2.75, 3.05) is 13.1 Å². The summed E-state index contributed by atoms with van der Waals surface area (Å²) in [6.45, 7) is 5.17. The highest BCUT2D eigenvalue weighted by molar-refractivity contribution is 5.52. The van der Waals surface area contributed by atoms with E-state index in [1.165, 1.54) is 12.8 Å². The van der Waals surface area contributed by atoms with Gasteiger partial charge in [0.25, 0.3) is 0 Å². The van der Waals surface area contributed by atoms with Gasteiger partial charge in [-0.25, -0.2) is 4.98 Å². The molecule has 3 rings (SSSR count). The summed E-state index contributed by atoms with van der Waals surface area (Å²) in [4.78, 5) is 7.03. The molecule has 0 amide bonds. The SMILES string of the molecule is CC(N)C1CCN(Cc2coc(-c3ccccc3)n2)CC1. The Morgan fingerprint density at radius 2 is 2.00 bits per heavy atom. The number of benzene rings is 1. The molecule has 4 nitrogen and oxygen atoms in total. The zero-order chi connectivity index (χ0) is 14.7. The van der Waals surface area contributed by atoms with Gasteiger partial charge in [-0.15, -0.1) is 0 Å². The number of aromatic nitrogens is 1. The van der Waals surface area contributed by atoms with E-state index in [4.69, 9.17) is 10.2 Å². The summed E-state index contributed by atoms with van der Waals surface area (Å²) in [5.41, 5.74) is 8.02. The fourth-order valence-corrected chi connectivity index (χ4v) is 2.96. The Kier molecular flexibility index (Phi) is 4.36. The number of likely N-dealkylation sites (tertiary alicyclic amines) is 1. The maximum atomic E-state index is 5.99. The van der Waals surface area contributed by atoms with Crippen molar-refractivity contribution in [1.82, 2.24) is 9.88 Å². The van der Waals surface area contributed by atoms with Crippen LogP contribution in [0.5, 0.6) is 0 Å². The first-order chi connectivity index (χ1) is 10.2. The number of hydrogen-bond acceptors (Lipinski definition) is 4. The minimum absolute atomic E-state index is 0.309. The second kappa shape index (κ2) is 6.41. The van der Waals surface area contributed by atoms with E-state index in [0.717, 1.165) is 30.9 Å². The molecule has 0 aliphatic carbocycles. The highest BCUT2D eigenvalue weighted by Gasteiger charge is 2.22. The fourth-order valence-electron chi connectivity index (χ4n) is 2.96. The minimum Gasteiger partial charge on any atom is -0.444 e. The van der Waals surface area contributed by atoms with E-state index in [9.17, 15) is 0 Å². The molecule has 2 N–H and O–H groups in total. The number of oxazole rings is 1. The van der Waals surface area contributed by atoms with Crippen LogP contribution in [0.1, 0.15) is 25.5 Å². The van der Waals surface area contributed by atoms with Crippen LogP contribution in [-0.4, -0.2) is 29.0 Å². The summed E-state index contributed by atoms with van der Waals surface area (Å²) in [5, 5.41) is 0. The number of nitrogens with two attached hydrogens (primary N) is 1. The molecule has 1 fully saturated rings. The lowest BCUT2D eigenvalue weighted by Crippen LogP contribution is -2.39. The standard InChI is InChI=1S/C17H23N3O/c1-13(18)14-7-9-20(10-8-14)11-16-12-21-17(19-16)15-5-3-2-4-6-15/h2-6,12-14H,7-11,18H2,1H3. The Morgan fingerprint density at radius 1 is 1.29 bits per heavy atom. The molecular weight excluding hydrogens is 262 g/mol.